The molecule has 2 heterocycles. The Labute approximate surface area is 233 Å². The molecule has 2 aromatic carbocycles. The molecule has 1 aliphatic carbocycles. The van der Waals surface area contributed by atoms with E-state index in [1.54, 1.807) is 33.2 Å². The number of carbonyl (C=O) groups excluding carboxylic acids is 2. The van der Waals surface area contributed by atoms with Gasteiger partial charge in [-0.15, -0.1) is 0 Å². The van der Waals surface area contributed by atoms with Crippen LogP contribution in [0.15, 0.2) is 66.0 Å². The average Bonchev–Trinajstić information content (AvgIpc) is 3.74. The van der Waals surface area contributed by atoms with E-state index in [0.29, 0.717) is 40.4 Å². The molecule has 0 unspecified atom stereocenters. The van der Waals surface area contributed by atoms with Crippen molar-refractivity contribution < 1.29 is 22.8 Å². The molecular formula is C30H28F3N5O3. The number of halogens is 3. The summed E-state index contributed by atoms with van der Waals surface area (Å²) in [6.45, 7) is 7.00. The lowest BCUT2D eigenvalue weighted by molar-refractivity contribution is -0.137. The number of hydrogen-bond acceptors (Lipinski definition) is 4. The number of benzene rings is 2. The van der Waals surface area contributed by atoms with Gasteiger partial charge in [-0.1, -0.05) is 31.7 Å². The monoisotopic (exact) mass is 563 g/mol. The smallest absolute Gasteiger partial charge is 0.325 e. The van der Waals surface area contributed by atoms with Crippen LogP contribution < -0.4 is 16.2 Å². The van der Waals surface area contributed by atoms with Gasteiger partial charge in [0.05, 0.1) is 22.5 Å². The number of nitrogens with one attached hydrogen (secondary N) is 2. The minimum absolute atomic E-state index is 0.132. The Morgan fingerprint density at radius 2 is 1.78 bits per heavy atom. The van der Waals surface area contributed by atoms with Gasteiger partial charge < -0.3 is 15.2 Å². The minimum Gasteiger partial charge on any atom is -0.325 e. The maximum Gasteiger partial charge on any atom is 0.416 e. The number of anilines is 2. The first-order valence-electron chi connectivity index (χ1n) is 13.2. The van der Waals surface area contributed by atoms with Crippen LogP contribution >= 0.6 is 0 Å². The molecule has 41 heavy (non-hydrogen) atoms. The topological polar surface area (TPSA) is 97.5 Å². The van der Waals surface area contributed by atoms with Gasteiger partial charge in [0.1, 0.15) is 6.54 Å². The van der Waals surface area contributed by atoms with Crippen molar-refractivity contribution in [1.82, 2.24) is 14.0 Å². The first-order valence-corrected chi connectivity index (χ1v) is 13.2. The third-order valence-electron chi connectivity index (χ3n) is 7.13. The number of aromatic nitrogens is 3. The molecule has 1 fully saturated rings. The number of hydrogen-bond donors (Lipinski definition) is 2. The highest BCUT2D eigenvalue weighted by molar-refractivity contribution is 6.01. The number of para-hydroxylation sites is 1. The summed E-state index contributed by atoms with van der Waals surface area (Å²) in [7, 11) is 0. The van der Waals surface area contributed by atoms with Crippen LogP contribution in [0.25, 0.3) is 16.9 Å². The van der Waals surface area contributed by atoms with Crippen LogP contribution in [0.5, 0.6) is 0 Å². The zero-order valence-electron chi connectivity index (χ0n) is 22.5. The van der Waals surface area contributed by atoms with Crippen molar-refractivity contribution in [2.45, 2.75) is 51.7 Å². The van der Waals surface area contributed by atoms with Gasteiger partial charge in [-0.05, 0) is 62.6 Å². The SMILES string of the molecule is C=CC(=O)Nc1ccccc1-c1c(CC)nc2n(CC(=O)Nc3ccc(C(F)(F)F)cc3)c(C)c(C3CC3)n2c1=O. The summed E-state index contributed by atoms with van der Waals surface area (Å²) >= 11 is 0. The van der Waals surface area contributed by atoms with Crippen LogP contribution in [-0.4, -0.2) is 25.8 Å². The molecule has 4 aromatic rings. The fraction of sp³-hybridized carbons (Fsp3) is 0.267. The van der Waals surface area contributed by atoms with Crippen molar-refractivity contribution in [2.24, 2.45) is 0 Å². The van der Waals surface area contributed by atoms with E-state index in [1.807, 2.05) is 13.8 Å². The Kier molecular flexibility index (Phi) is 7.29. The van der Waals surface area contributed by atoms with Gasteiger partial charge >= 0.3 is 6.18 Å². The number of amides is 2. The Balaban J connectivity index is 1.58. The lowest BCUT2D eigenvalue weighted by Crippen LogP contribution is -2.24. The van der Waals surface area contributed by atoms with Crippen LogP contribution in [-0.2, 0) is 28.7 Å². The standard InChI is InChI=1S/C30H28F3N5O3/c1-4-22-26(21-8-6-7-9-23(21)35-24(39)5-2)28(41)38-27(18-10-11-18)17(3)37(29(38)36-22)16-25(40)34-20-14-12-19(13-15-20)30(31,32)33/h5-9,12-15,18H,2,4,10-11,16H2,1,3H3,(H,34,40)(H,35,39). The summed E-state index contributed by atoms with van der Waals surface area (Å²) in [5.41, 5.74) is 2.43. The van der Waals surface area contributed by atoms with Crippen molar-refractivity contribution in [3.05, 3.63) is 94.2 Å². The maximum absolute atomic E-state index is 14.2. The van der Waals surface area contributed by atoms with Gasteiger partial charge in [0.15, 0.2) is 0 Å². The van der Waals surface area contributed by atoms with Gasteiger partial charge in [0, 0.05) is 28.6 Å². The molecule has 2 amide bonds. The zero-order chi connectivity index (χ0) is 29.5. The third kappa shape index (κ3) is 5.39. The van der Waals surface area contributed by atoms with Gasteiger partial charge in [-0.3, -0.25) is 14.4 Å². The van der Waals surface area contributed by atoms with Crippen LogP contribution in [0.3, 0.4) is 0 Å². The molecule has 2 N–H and O–H groups in total. The summed E-state index contributed by atoms with van der Waals surface area (Å²) in [6, 6.07) is 11.2. The van der Waals surface area contributed by atoms with Crippen molar-refractivity contribution in [2.75, 3.05) is 10.6 Å². The molecule has 0 spiro atoms. The van der Waals surface area contributed by atoms with E-state index < -0.39 is 23.6 Å². The number of alkyl halides is 3. The zero-order valence-corrected chi connectivity index (χ0v) is 22.5. The molecular weight excluding hydrogens is 535 g/mol. The van der Waals surface area contributed by atoms with Gasteiger partial charge in [-0.2, -0.15) is 13.2 Å². The number of rotatable bonds is 8. The Morgan fingerprint density at radius 1 is 1.10 bits per heavy atom. The highest BCUT2D eigenvalue weighted by atomic mass is 19.4. The molecule has 2 aromatic heterocycles. The first kappa shape index (κ1) is 27.9. The predicted octanol–water partition coefficient (Wildman–Crippen LogP) is 5.69. The van der Waals surface area contributed by atoms with Crippen LogP contribution in [0.1, 0.15) is 48.3 Å². The molecule has 5 rings (SSSR count). The number of imidazole rings is 1. The number of aryl methyl sites for hydroxylation is 1. The Hall–Kier alpha value is -4.67. The van der Waals surface area contributed by atoms with Crippen LogP contribution in [0, 0.1) is 6.92 Å². The van der Waals surface area contributed by atoms with E-state index in [9.17, 15) is 27.6 Å². The van der Waals surface area contributed by atoms with Gasteiger partial charge in [0.25, 0.3) is 5.56 Å². The third-order valence-corrected chi connectivity index (χ3v) is 7.13. The van der Waals surface area contributed by atoms with E-state index in [0.717, 1.165) is 36.7 Å². The fourth-order valence-corrected chi connectivity index (χ4v) is 5.03. The summed E-state index contributed by atoms with van der Waals surface area (Å²) in [5.74, 6) is -0.441. The van der Waals surface area contributed by atoms with E-state index in [1.165, 1.54) is 12.1 Å². The Bertz CT molecular complexity index is 1730. The Morgan fingerprint density at radius 3 is 2.39 bits per heavy atom. The van der Waals surface area contributed by atoms with Crippen LogP contribution in [0.2, 0.25) is 0 Å². The molecule has 8 nitrogen and oxygen atoms in total. The summed E-state index contributed by atoms with van der Waals surface area (Å²) < 4.78 is 42.0. The molecule has 0 radical (unpaired) electrons. The first-order chi connectivity index (χ1) is 19.5. The van der Waals surface area contributed by atoms with Crippen molar-refractivity contribution >= 4 is 29.0 Å². The van der Waals surface area contributed by atoms with E-state index in [4.69, 9.17) is 4.98 Å². The van der Waals surface area contributed by atoms with Crippen molar-refractivity contribution in [3.8, 4) is 11.1 Å². The lowest BCUT2D eigenvalue weighted by atomic mass is 10.0. The maximum atomic E-state index is 14.2. The largest absolute Gasteiger partial charge is 0.416 e. The predicted molar refractivity (Wildman–Crippen MR) is 150 cm³/mol. The molecule has 1 aliphatic rings. The second-order valence-electron chi connectivity index (χ2n) is 9.92. The summed E-state index contributed by atoms with van der Waals surface area (Å²) in [4.78, 5) is 44.2. The second kappa shape index (κ2) is 10.7. The van der Waals surface area contributed by atoms with E-state index in [-0.39, 0.29) is 23.7 Å². The number of fused-ring (bicyclic) bond motifs is 1. The highest BCUT2D eigenvalue weighted by Crippen LogP contribution is 2.42. The summed E-state index contributed by atoms with van der Waals surface area (Å²) in [6.07, 6.45) is -1.14. The number of nitrogens with zero attached hydrogens (tertiary/aromatic N) is 3. The quantitative estimate of drug-likeness (QED) is 0.269. The van der Waals surface area contributed by atoms with Gasteiger partial charge in [0.2, 0.25) is 17.6 Å². The normalized spacial score (nSPS) is 13.3. The molecule has 1 saturated carbocycles. The highest BCUT2D eigenvalue weighted by Gasteiger charge is 2.33. The van der Waals surface area contributed by atoms with Crippen LogP contribution in [0.4, 0.5) is 24.5 Å². The molecule has 212 valence electrons. The van der Waals surface area contributed by atoms with Crippen molar-refractivity contribution in [3.63, 3.8) is 0 Å². The second-order valence-corrected chi connectivity index (χ2v) is 9.92. The van der Waals surface area contributed by atoms with Crippen molar-refractivity contribution in [1.29, 1.82) is 0 Å². The van der Waals surface area contributed by atoms with E-state index >= 15 is 0 Å². The molecule has 0 bridgehead atoms. The minimum atomic E-state index is -4.48. The molecule has 0 atom stereocenters. The molecule has 11 heteroatoms. The summed E-state index contributed by atoms with van der Waals surface area (Å²) in [5, 5.41) is 5.40. The van der Waals surface area contributed by atoms with E-state index in [2.05, 4.69) is 17.2 Å². The van der Waals surface area contributed by atoms with Gasteiger partial charge in [-0.25, -0.2) is 9.38 Å². The molecule has 0 aliphatic heterocycles. The average molecular weight is 564 g/mol. The number of carbonyl (C=O) groups is 2. The lowest BCUT2D eigenvalue weighted by Gasteiger charge is -2.14. The fourth-order valence-electron chi connectivity index (χ4n) is 5.03. The molecule has 0 saturated heterocycles.